The second kappa shape index (κ2) is 7.36. The first-order valence-corrected chi connectivity index (χ1v) is 8.35. The first-order chi connectivity index (χ1) is 12.8. The van der Waals surface area contributed by atoms with Crippen LogP contribution in [0, 0.1) is 11.6 Å². The van der Waals surface area contributed by atoms with E-state index in [1.165, 1.54) is 0 Å². The summed E-state index contributed by atoms with van der Waals surface area (Å²) >= 11 is 0. The Morgan fingerprint density at radius 1 is 1.07 bits per heavy atom. The molecule has 3 aromatic rings. The standard InChI is InChI=1S/C20H19F2N3O2/c1-20(2,3)27-12-25-11-23-19(24-25)14-6-4-5-13(7-14)15-8-17(21)16(10-26)18(22)9-15/h4-11H,12H2,1-3H3. The van der Waals surface area contributed by atoms with Crippen LogP contribution in [0.1, 0.15) is 31.1 Å². The van der Waals surface area contributed by atoms with Crippen LogP contribution >= 0.6 is 0 Å². The Bertz CT molecular complexity index is 954. The number of hydrogen-bond donors (Lipinski definition) is 0. The molecule has 0 bridgehead atoms. The van der Waals surface area contributed by atoms with Crippen LogP contribution in [-0.2, 0) is 11.5 Å². The van der Waals surface area contributed by atoms with Crippen LogP contribution in [0.25, 0.3) is 22.5 Å². The molecule has 0 amide bonds. The summed E-state index contributed by atoms with van der Waals surface area (Å²) in [6, 6.07) is 9.28. The van der Waals surface area contributed by atoms with Crippen molar-refractivity contribution < 1.29 is 18.3 Å². The number of aromatic nitrogens is 3. The van der Waals surface area contributed by atoms with E-state index < -0.39 is 17.2 Å². The third kappa shape index (κ3) is 4.43. The van der Waals surface area contributed by atoms with Crippen molar-refractivity contribution in [2.45, 2.75) is 33.1 Å². The molecular weight excluding hydrogens is 352 g/mol. The summed E-state index contributed by atoms with van der Waals surface area (Å²) in [4.78, 5) is 15.0. The molecule has 3 rings (SSSR count). The summed E-state index contributed by atoms with van der Waals surface area (Å²) in [5, 5.41) is 4.37. The van der Waals surface area contributed by atoms with E-state index in [0.717, 1.165) is 12.1 Å². The zero-order valence-corrected chi connectivity index (χ0v) is 15.2. The highest BCUT2D eigenvalue weighted by atomic mass is 19.1. The van der Waals surface area contributed by atoms with E-state index in [0.29, 0.717) is 22.5 Å². The van der Waals surface area contributed by atoms with E-state index >= 15 is 0 Å². The molecule has 1 aromatic heterocycles. The van der Waals surface area contributed by atoms with E-state index in [-0.39, 0.29) is 18.6 Å². The van der Waals surface area contributed by atoms with Crippen molar-refractivity contribution in [3.8, 4) is 22.5 Å². The quantitative estimate of drug-likeness (QED) is 0.621. The highest BCUT2D eigenvalue weighted by Crippen LogP contribution is 2.27. The fraction of sp³-hybridized carbons (Fsp3) is 0.250. The Balaban J connectivity index is 1.89. The van der Waals surface area contributed by atoms with Gasteiger partial charge in [0.1, 0.15) is 24.7 Å². The summed E-state index contributed by atoms with van der Waals surface area (Å²) in [5.74, 6) is -1.32. The van der Waals surface area contributed by atoms with E-state index in [4.69, 9.17) is 4.74 Å². The molecule has 0 spiro atoms. The van der Waals surface area contributed by atoms with Gasteiger partial charge in [0.25, 0.3) is 0 Å². The highest BCUT2D eigenvalue weighted by Gasteiger charge is 2.14. The van der Waals surface area contributed by atoms with E-state index in [1.54, 1.807) is 35.3 Å². The number of aldehydes is 1. The molecule has 0 radical (unpaired) electrons. The molecule has 0 fully saturated rings. The number of rotatable bonds is 5. The van der Waals surface area contributed by atoms with Gasteiger partial charge < -0.3 is 4.74 Å². The molecule has 27 heavy (non-hydrogen) atoms. The van der Waals surface area contributed by atoms with Crippen LogP contribution in [-0.4, -0.2) is 26.7 Å². The molecule has 7 heteroatoms. The van der Waals surface area contributed by atoms with Gasteiger partial charge >= 0.3 is 0 Å². The number of nitrogens with zero attached hydrogens (tertiary/aromatic N) is 3. The lowest BCUT2D eigenvalue weighted by Gasteiger charge is -2.18. The average Bonchev–Trinajstić information content (AvgIpc) is 3.08. The summed E-state index contributed by atoms with van der Waals surface area (Å²) in [5.41, 5.74) is 0.739. The lowest BCUT2D eigenvalue weighted by atomic mass is 10.0. The van der Waals surface area contributed by atoms with Gasteiger partial charge in [-0.05, 0) is 50.1 Å². The third-order valence-electron chi connectivity index (χ3n) is 3.82. The molecule has 5 nitrogen and oxygen atoms in total. The van der Waals surface area contributed by atoms with Crippen LogP contribution in [0.15, 0.2) is 42.7 Å². The van der Waals surface area contributed by atoms with E-state index in [9.17, 15) is 13.6 Å². The molecular formula is C20H19F2N3O2. The van der Waals surface area contributed by atoms with Crippen LogP contribution in [0.4, 0.5) is 8.78 Å². The molecule has 0 aliphatic carbocycles. The summed E-state index contributed by atoms with van der Waals surface area (Å²) in [6.07, 6.45) is 1.73. The first-order valence-electron chi connectivity index (χ1n) is 8.35. The Morgan fingerprint density at radius 3 is 2.37 bits per heavy atom. The highest BCUT2D eigenvalue weighted by molar-refractivity contribution is 5.78. The Morgan fingerprint density at radius 2 is 1.74 bits per heavy atom. The van der Waals surface area contributed by atoms with Gasteiger partial charge in [-0.1, -0.05) is 18.2 Å². The minimum atomic E-state index is -0.896. The van der Waals surface area contributed by atoms with Crippen molar-refractivity contribution in [3.63, 3.8) is 0 Å². The van der Waals surface area contributed by atoms with Crippen LogP contribution < -0.4 is 0 Å². The number of carbonyl (C=O) groups is 1. The Labute approximate surface area is 155 Å². The Kier molecular flexibility index (Phi) is 5.14. The van der Waals surface area contributed by atoms with Gasteiger partial charge in [-0.15, -0.1) is 5.10 Å². The number of halogens is 2. The summed E-state index contributed by atoms with van der Waals surface area (Å²) < 4.78 is 35.0. The van der Waals surface area contributed by atoms with Crippen molar-refractivity contribution in [1.82, 2.24) is 14.8 Å². The van der Waals surface area contributed by atoms with E-state index in [1.807, 2.05) is 20.8 Å². The number of carbonyl (C=O) groups excluding carboxylic acids is 1. The second-order valence-electron chi connectivity index (χ2n) is 7.05. The minimum absolute atomic E-state index is 0.168. The number of hydrogen-bond acceptors (Lipinski definition) is 4. The van der Waals surface area contributed by atoms with E-state index in [2.05, 4.69) is 10.1 Å². The van der Waals surface area contributed by atoms with Gasteiger partial charge in [-0.3, -0.25) is 4.79 Å². The monoisotopic (exact) mass is 371 g/mol. The minimum Gasteiger partial charge on any atom is -0.354 e. The number of benzene rings is 2. The second-order valence-corrected chi connectivity index (χ2v) is 7.05. The summed E-state index contributed by atoms with van der Waals surface area (Å²) in [6.45, 7) is 6.10. The maximum Gasteiger partial charge on any atom is 0.181 e. The maximum absolute atomic E-state index is 13.9. The smallest absolute Gasteiger partial charge is 0.181 e. The predicted octanol–water partition coefficient (Wildman–Crippen LogP) is 4.48. The van der Waals surface area contributed by atoms with Crippen molar-refractivity contribution in [3.05, 3.63) is 59.9 Å². The van der Waals surface area contributed by atoms with Crippen LogP contribution in [0.5, 0.6) is 0 Å². The van der Waals surface area contributed by atoms with Gasteiger partial charge in [-0.2, -0.15) is 0 Å². The lowest BCUT2D eigenvalue weighted by Crippen LogP contribution is -2.21. The van der Waals surface area contributed by atoms with Gasteiger partial charge in [0.15, 0.2) is 12.1 Å². The molecule has 0 saturated carbocycles. The molecule has 0 N–H and O–H groups in total. The normalized spacial score (nSPS) is 11.6. The topological polar surface area (TPSA) is 57.0 Å². The molecule has 0 saturated heterocycles. The zero-order chi connectivity index (χ0) is 19.6. The fourth-order valence-electron chi connectivity index (χ4n) is 2.45. The van der Waals surface area contributed by atoms with Gasteiger partial charge in [0.05, 0.1) is 11.2 Å². The molecule has 0 unspecified atom stereocenters. The first kappa shape index (κ1) is 18.8. The molecule has 2 aromatic carbocycles. The van der Waals surface area contributed by atoms with Gasteiger partial charge in [0.2, 0.25) is 0 Å². The van der Waals surface area contributed by atoms with Crippen molar-refractivity contribution in [2.24, 2.45) is 0 Å². The van der Waals surface area contributed by atoms with Gasteiger partial charge in [-0.25, -0.2) is 18.4 Å². The molecule has 1 heterocycles. The van der Waals surface area contributed by atoms with Crippen LogP contribution in [0.3, 0.4) is 0 Å². The van der Waals surface area contributed by atoms with Gasteiger partial charge in [0, 0.05) is 5.56 Å². The third-order valence-corrected chi connectivity index (χ3v) is 3.82. The lowest BCUT2D eigenvalue weighted by molar-refractivity contribution is -0.0480. The summed E-state index contributed by atoms with van der Waals surface area (Å²) in [7, 11) is 0. The maximum atomic E-state index is 13.9. The fourth-order valence-corrected chi connectivity index (χ4v) is 2.45. The largest absolute Gasteiger partial charge is 0.354 e. The predicted molar refractivity (Wildman–Crippen MR) is 97.0 cm³/mol. The average molecular weight is 371 g/mol. The number of ether oxygens (including phenoxy) is 1. The molecule has 140 valence electrons. The molecule has 0 atom stereocenters. The van der Waals surface area contributed by atoms with Crippen molar-refractivity contribution in [2.75, 3.05) is 0 Å². The van der Waals surface area contributed by atoms with Crippen molar-refractivity contribution in [1.29, 1.82) is 0 Å². The van der Waals surface area contributed by atoms with Crippen LogP contribution in [0.2, 0.25) is 0 Å². The zero-order valence-electron chi connectivity index (χ0n) is 15.2. The Hall–Kier alpha value is -2.93. The molecule has 0 aliphatic rings. The van der Waals surface area contributed by atoms with Crippen molar-refractivity contribution >= 4 is 6.29 Å². The SMILES string of the molecule is CC(C)(C)OCn1cnc(-c2cccc(-c3cc(F)c(C=O)c(F)c3)c2)n1. The molecule has 0 aliphatic heterocycles.